The maximum absolute atomic E-state index is 12.4. The van der Waals surface area contributed by atoms with Gasteiger partial charge in [0.25, 0.3) is 5.91 Å². The first-order valence-electron chi connectivity index (χ1n) is 8.44. The molecule has 1 saturated heterocycles. The molecule has 3 rings (SSSR count). The Kier molecular flexibility index (Phi) is 4.99. The molecule has 0 saturated carbocycles. The number of carbonyl (C=O) groups excluding carboxylic acids is 2. The maximum Gasteiger partial charge on any atom is 0.267 e. The third-order valence-corrected chi connectivity index (χ3v) is 4.49. The van der Waals surface area contributed by atoms with Crippen LogP contribution in [-0.2, 0) is 11.8 Å². The zero-order valence-electron chi connectivity index (χ0n) is 14.0. The molecule has 2 heterocycles. The van der Waals surface area contributed by atoms with E-state index in [0.29, 0.717) is 18.7 Å². The molecule has 1 aromatic carbocycles. The number of rotatable bonds is 6. The highest BCUT2D eigenvalue weighted by molar-refractivity contribution is 5.93. The number of aromatic nitrogens is 1. The lowest BCUT2D eigenvalue weighted by atomic mass is 10.2. The first-order chi connectivity index (χ1) is 11.7. The molecule has 0 unspecified atom stereocenters. The van der Waals surface area contributed by atoms with E-state index in [2.05, 4.69) is 5.32 Å². The zero-order chi connectivity index (χ0) is 16.9. The van der Waals surface area contributed by atoms with Gasteiger partial charge in [0.2, 0.25) is 5.91 Å². The Hall–Kier alpha value is -2.56. The van der Waals surface area contributed by atoms with Crippen LogP contribution in [0.25, 0.3) is 11.3 Å². The van der Waals surface area contributed by atoms with Gasteiger partial charge in [-0.05, 0) is 30.5 Å². The molecule has 2 aromatic rings. The normalized spacial score (nSPS) is 14.2. The molecule has 0 aliphatic carbocycles. The average Bonchev–Trinajstić information content (AvgIpc) is 3.18. The first kappa shape index (κ1) is 16.3. The van der Waals surface area contributed by atoms with Crippen LogP contribution < -0.4 is 5.32 Å². The van der Waals surface area contributed by atoms with E-state index in [1.165, 1.54) is 0 Å². The van der Waals surface area contributed by atoms with Crippen LogP contribution in [0.5, 0.6) is 0 Å². The van der Waals surface area contributed by atoms with Gasteiger partial charge in [-0.3, -0.25) is 9.59 Å². The molecule has 1 N–H and O–H groups in total. The maximum atomic E-state index is 12.4. The number of benzene rings is 1. The summed E-state index contributed by atoms with van der Waals surface area (Å²) >= 11 is 0. The van der Waals surface area contributed by atoms with Crippen molar-refractivity contribution in [3.63, 3.8) is 0 Å². The lowest BCUT2D eigenvalue weighted by Gasteiger charge is -2.15. The molecule has 0 spiro atoms. The predicted molar refractivity (Wildman–Crippen MR) is 93.6 cm³/mol. The minimum absolute atomic E-state index is 0.0765. The molecule has 0 bridgehead atoms. The minimum atomic E-state index is -0.0765. The summed E-state index contributed by atoms with van der Waals surface area (Å²) in [6, 6.07) is 13.8. The summed E-state index contributed by atoms with van der Waals surface area (Å²) in [6.07, 6.45) is 2.40. The number of carbonyl (C=O) groups is 2. The average molecular weight is 325 g/mol. The van der Waals surface area contributed by atoms with Gasteiger partial charge in [0.05, 0.1) is 0 Å². The second kappa shape index (κ2) is 7.34. The van der Waals surface area contributed by atoms with Crippen LogP contribution in [0.15, 0.2) is 42.5 Å². The van der Waals surface area contributed by atoms with Crippen LogP contribution in [0.4, 0.5) is 0 Å². The lowest BCUT2D eigenvalue weighted by Crippen LogP contribution is -2.31. The van der Waals surface area contributed by atoms with Gasteiger partial charge in [-0.25, -0.2) is 0 Å². The fraction of sp³-hybridized carbons (Fsp3) is 0.368. The van der Waals surface area contributed by atoms with Crippen molar-refractivity contribution in [1.82, 2.24) is 14.8 Å². The van der Waals surface area contributed by atoms with Gasteiger partial charge in [0, 0.05) is 38.8 Å². The fourth-order valence-corrected chi connectivity index (χ4v) is 3.14. The van der Waals surface area contributed by atoms with Gasteiger partial charge >= 0.3 is 0 Å². The largest absolute Gasteiger partial charge is 0.351 e. The lowest BCUT2D eigenvalue weighted by molar-refractivity contribution is -0.127. The summed E-state index contributed by atoms with van der Waals surface area (Å²) in [5.41, 5.74) is 2.75. The topological polar surface area (TPSA) is 54.3 Å². The second-order valence-electron chi connectivity index (χ2n) is 6.12. The highest BCUT2D eigenvalue weighted by Crippen LogP contribution is 2.21. The standard InChI is InChI=1S/C19H23N3O2/c1-21-16(15-7-3-2-4-8-15)10-11-17(21)19(24)20-12-6-14-22-13-5-9-18(22)23/h2-4,7-8,10-11H,5-6,9,12-14H2,1H3,(H,20,24). The van der Waals surface area contributed by atoms with Gasteiger partial charge in [-0.2, -0.15) is 0 Å². The molecule has 1 fully saturated rings. The third kappa shape index (κ3) is 3.50. The molecule has 126 valence electrons. The summed E-state index contributed by atoms with van der Waals surface area (Å²) in [5, 5.41) is 2.95. The molecular weight excluding hydrogens is 302 g/mol. The predicted octanol–water partition coefficient (Wildman–Crippen LogP) is 2.43. The van der Waals surface area contributed by atoms with Gasteiger partial charge < -0.3 is 14.8 Å². The summed E-state index contributed by atoms with van der Waals surface area (Å²) in [4.78, 5) is 25.8. The van der Waals surface area contributed by atoms with Crippen molar-refractivity contribution in [2.75, 3.05) is 19.6 Å². The minimum Gasteiger partial charge on any atom is -0.351 e. The Balaban J connectivity index is 1.54. The molecule has 0 radical (unpaired) electrons. The number of nitrogens with one attached hydrogen (secondary N) is 1. The SMILES string of the molecule is Cn1c(C(=O)NCCCN2CCCC2=O)ccc1-c1ccccc1. The molecule has 0 atom stereocenters. The summed E-state index contributed by atoms with van der Waals surface area (Å²) in [6.45, 7) is 2.15. The second-order valence-corrected chi connectivity index (χ2v) is 6.12. The van der Waals surface area contributed by atoms with Crippen LogP contribution in [0.2, 0.25) is 0 Å². The van der Waals surface area contributed by atoms with Crippen molar-refractivity contribution in [2.45, 2.75) is 19.3 Å². The highest BCUT2D eigenvalue weighted by Gasteiger charge is 2.19. The van der Waals surface area contributed by atoms with Crippen molar-refractivity contribution in [3.05, 3.63) is 48.2 Å². The van der Waals surface area contributed by atoms with E-state index in [4.69, 9.17) is 0 Å². The van der Waals surface area contributed by atoms with E-state index >= 15 is 0 Å². The van der Waals surface area contributed by atoms with Crippen LogP contribution in [-0.4, -0.2) is 40.9 Å². The monoisotopic (exact) mass is 325 g/mol. The molecule has 1 aliphatic rings. The smallest absolute Gasteiger partial charge is 0.267 e. The molecule has 5 nitrogen and oxygen atoms in total. The number of hydrogen-bond donors (Lipinski definition) is 1. The van der Waals surface area contributed by atoms with Crippen molar-refractivity contribution < 1.29 is 9.59 Å². The van der Waals surface area contributed by atoms with Gasteiger partial charge in [0.1, 0.15) is 5.69 Å². The van der Waals surface area contributed by atoms with Crippen LogP contribution in [0.3, 0.4) is 0 Å². The van der Waals surface area contributed by atoms with Gasteiger partial charge in [0.15, 0.2) is 0 Å². The molecule has 1 aromatic heterocycles. The number of nitrogens with zero attached hydrogens (tertiary/aromatic N) is 2. The Morgan fingerprint density at radius 3 is 2.67 bits per heavy atom. The van der Waals surface area contributed by atoms with Crippen LogP contribution in [0, 0.1) is 0 Å². The fourth-order valence-electron chi connectivity index (χ4n) is 3.14. The first-order valence-corrected chi connectivity index (χ1v) is 8.44. The summed E-state index contributed by atoms with van der Waals surface area (Å²) in [7, 11) is 1.90. The Labute approximate surface area is 142 Å². The van der Waals surface area contributed by atoms with E-state index < -0.39 is 0 Å². The number of amides is 2. The van der Waals surface area contributed by atoms with E-state index in [-0.39, 0.29) is 11.8 Å². The molecule has 2 amide bonds. The van der Waals surface area contributed by atoms with E-state index in [1.807, 2.05) is 59.0 Å². The Bertz CT molecular complexity index is 721. The Morgan fingerprint density at radius 1 is 1.17 bits per heavy atom. The van der Waals surface area contributed by atoms with Gasteiger partial charge in [-0.15, -0.1) is 0 Å². The highest BCUT2D eigenvalue weighted by atomic mass is 16.2. The van der Waals surface area contributed by atoms with Crippen molar-refractivity contribution >= 4 is 11.8 Å². The van der Waals surface area contributed by atoms with Crippen molar-refractivity contribution in [1.29, 1.82) is 0 Å². The van der Waals surface area contributed by atoms with Crippen molar-refractivity contribution in [2.24, 2.45) is 7.05 Å². The number of likely N-dealkylation sites (tertiary alicyclic amines) is 1. The molecule has 1 aliphatic heterocycles. The third-order valence-electron chi connectivity index (χ3n) is 4.49. The zero-order valence-corrected chi connectivity index (χ0v) is 14.0. The van der Waals surface area contributed by atoms with E-state index in [9.17, 15) is 9.59 Å². The Morgan fingerprint density at radius 2 is 1.96 bits per heavy atom. The molecule has 24 heavy (non-hydrogen) atoms. The van der Waals surface area contributed by atoms with Crippen molar-refractivity contribution in [3.8, 4) is 11.3 Å². The quantitative estimate of drug-likeness (QED) is 0.829. The molecule has 5 heteroatoms. The van der Waals surface area contributed by atoms with E-state index in [1.54, 1.807) is 0 Å². The molecular formula is C19H23N3O2. The summed E-state index contributed by atoms with van der Waals surface area (Å²) in [5.74, 6) is 0.156. The van der Waals surface area contributed by atoms with Gasteiger partial charge in [-0.1, -0.05) is 30.3 Å². The van der Waals surface area contributed by atoms with Crippen LogP contribution >= 0.6 is 0 Å². The number of hydrogen-bond acceptors (Lipinski definition) is 2. The summed E-state index contributed by atoms with van der Waals surface area (Å²) < 4.78 is 1.91. The van der Waals surface area contributed by atoms with E-state index in [0.717, 1.165) is 37.2 Å². The van der Waals surface area contributed by atoms with Crippen LogP contribution in [0.1, 0.15) is 29.8 Å².